The average molecular weight is 396 g/mol. The van der Waals surface area contributed by atoms with Crippen molar-refractivity contribution < 1.29 is 13.2 Å². The third-order valence-corrected chi connectivity index (χ3v) is 4.54. The summed E-state index contributed by atoms with van der Waals surface area (Å²) in [4.78, 5) is 3.41. The second-order valence-corrected chi connectivity index (χ2v) is 6.39. The van der Waals surface area contributed by atoms with Gasteiger partial charge in [0.2, 0.25) is 0 Å². The number of halogens is 7. The lowest BCUT2D eigenvalue weighted by Crippen LogP contribution is -2.08. The normalized spacial score (nSPS) is 11.8. The summed E-state index contributed by atoms with van der Waals surface area (Å²) in [6, 6.07) is 2.83. The van der Waals surface area contributed by atoms with Crippen LogP contribution in [0.25, 0.3) is 0 Å². The van der Waals surface area contributed by atoms with Crippen molar-refractivity contribution in [2.75, 3.05) is 5.32 Å². The van der Waals surface area contributed by atoms with Crippen molar-refractivity contribution in [2.45, 2.75) is 12.1 Å². The zero-order chi connectivity index (χ0) is 15.8. The highest BCUT2D eigenvalue weighted by atomic mass is 35.5. The lowest BCUT2D eigenvalue weighted by molar-refractivity contribution is -0.141. The number of alkyl halides is 4. The molecule has 0 aliphatic rings. The standard InChI is InChI=1S/C11H5Cl4F3N2S/c12-3-7-9(11(16,17)18)20-10(21-7)19-8-5(14)1-4(13)2-6(8)15/h1-2H,3H2,(H,19,20). The lowest BCUT2D eigenvalue weighted by Gasteiger charge is -2.08. The Morgan fingerprint density at radius 2 is 1.71 bits per heavy atom. The van der Waals surface area contributed by atoms with Crippen molar-refractivity contribution in [1.82, 2.24) is 4.98 Å². The Morgan fingerprint density at radius 1 is 1.14 bits per heavy atom. The van der Waals surface area contributed by atoms with Gasteiger partial charge >= 0.3 is 6.18 Å². The largest absolute Gasteiger partial charge is 0.434 e. The van der Waals surface area contributed by atoms with Crippen LogP contribution in [0, 0.1) is 0 Å². The molecule has 0 saturated carbocycles. The Bertz CT molecular complexity index is 649. The number of nitrogens with zero attached hydrogens (tertiary/aromatic N) is 1. The summed E-state index contributed by atoms with van der Waals surface area (Å²) in [6.45, 7) is 0. The Balaban J connectivity index is 2.39. The maximum Gasteiger partial charge on any atom is 0.434 e. The fraction of sp³-hybridized carbons (Fsp3) is 0.182. The quantitative estimate of drug-likeness (QED) is 0.591. The van der Waals surface area contributed by atoms with Crippen LogP contribution in [0.3, 0.4) is 0 Å². The molecule has 2 aromatic rings. The zero-order valence-electron chi connectivity index (χ0n) is 9.86. The maximum atomic E-state index is 12.8. The molecular weight excluding hydrogens is 391 g/mol. The van der Waals surface area contributed by atoms with Crippen LogP contribution in [0.1, 0.15) is 10.6 Å². The van der Waals surface area contributed by atoms with Gasteiger partial charge in [0, 0.05) is 5.02 Å². The summed E-state index contributed by atoms with van der Waals surface area (Å²) in [7, 11) is 0. The minimum absolute atomic E-state index is 0.0101. The SMILES string of the molecule is FC(F)(F)c1nc(Nc2c(Cl)cc(Cl)cc2Cl)sc1CCl. The molecule has 0 aliphatic heterocycles. The van der Waals surface area contributed by atoms with E-state index in [0.717, 1.165) is 11.3 Å². The monoisotopic (exact) mass is 394 g/mol. The van der Waals surface area contributed by atoms with Crippen molar-refractivity contribution in [3.8, 4) is 0 Å². The van der Waals surface area contributed by atoms with Crippen molar-refractivity contribution in [2.24, 2.45) is 0 Å². The summed E-state index contributed by atoms with van der Waals surface area (Å²) in [5, 5.41) is 3.30. The van der Waals surface area contributed by atoms with Gasteiger partial charge in [0.05, 0.1) is 26.5 Å². The molecule has 1 N–H and O–H groups in total. The number of anilines is 2. The molecular formula is C11H5Cl4F3N2S. The molecule has 0 saturated heterocycles. The van der Waals surface area contributed by atoms with Crippen LogP contribution in [-0.4, -0.2) is 4.98 Å². The smallest absolute Gasteiger partial charge is 0.329 e. The predicted octanol–water partition coefficient (Wildman–Crippen LogP) is 6.60. The van der Waals surface area contributed by atoms with Crippen LogP contribution in [0.5, 0.6) is 0 Å². The van der Waals surface area contributed by atoms with Gasteiger partial charge in [-0.3, -0.25) is 0 Å². The fourth-order valence-electron chi connectivity index (χ4n) is 1.49. The molecule has 10 heteroatoms. The van der Waals surface area contributed by atoms with Gasteiger partial charge in [-0.05, 0) is 12.1 Å². The molecule has 1 aromatic heterocycles. The topological polar surface area (TPSA) is 24.9 Å². The number of hydrogen-bond acceptors (Lipinski definition) is 3. The summed E-state index contributed by atoms with van der Waals surface area (Å²) in [6.07, 6.45) is -4.58. The molecule has 0 atom stereocenters. The third-order valence-electron chi connectivity index (χ3n) is 2.33. The summed E-state index contributed by atoms with van der Waals surface area (Å²) >= 11 is 24.0. The van der Waals surface area contributed by atoms with E-state index in [1.54, 1.807) is 0 Å². The second-order valence-electron chi connectivity index (χ2n) is 3.79. The Labute approximate surface area is 141 Å². The number of nitrogens with one attached hydrogen (secondary N) is 1. The van der Waals surface area contributed by atoms with Crippen molar-refractivity contribution in [1.29, 1.82) is 0 Å². The molecule has 1 aromatic carbocycles. The molecule has 2 rings (SSSR count). The molecule has 21 heavy (non-hydrogen) atoms. The highest BCUT2D eigenvalue weighted by Gasteiger charge is 2.37. The Hall–Kier alpha value is -0.400. The highest BCUT2D eigenvalue weighted by molar-refractivity contribution is 7.16. The number of thiazole rings is 1. The van der Waals surface area contributed by atoms with E-state index in [2.05, 4.69) is 10.3 Å². The molecule has 0 aliphatic carbocycles. The first-order chi connectivity index (χ1) is 9.72. The first-order valence-corrected chi connectivity index (χ1v) is 7.75. The second kappa shape index (κ2) is 6.38. The molecule has 0 unspecified atom stereocenters. The molecule has 2 nitrogen and oxygen atoms in total. The lowest BCUT2D eigenvalue weighted by atomic mass is 10.3. The first-order valence-electron chi connectivity index (χ1n) is 5.26. The van der Waals surface area contributed by atoms with Crippen LogP contribution in [0.2, 0.25) is 15.1 Å². The predicted molar refractivity (Wildman–Crippen MR) is 81.4 cm³/mol. The van der Waals surface area contributed by atoms with Gasteiger partial charge in [-0.15, -0.1) is 11.6 Å². The van der Waals surface area contributed by atoms with E-state index >= 15 is 0 Å². The van der Waals surface area contributed by atoms with Crippen molar-refractivity contribution >= 4 is 68.6 Å². The van der Waals surface area contributed by atoms with Gasteiger partial charge in [-0.1, -0.05) is 46.1 Å². The summed E-state index contributed by atoms with van der Waals surface area (Å²) < 4.78 is 38.4. The van der Waals surface area contributed by atoms with Gasteiger partial charge in [-0.25, -0.2) is 4.98 Å². The summed E-state index contributed by atoms with van der Waals surface area (Å²) in [5.74, 6) is -0.295. The first kappa shape index (κ1) is 17.0. The number of rotatable bonds is 3. The molecule has 1 heterocycles. The third kappa shape index (κ3) is 3.87. The van der Waals surface area contributed by atoms with Crippen LogP contribution < -0.4 is 5.32 Å². The van der Waals surface area contributed by atoms with E-state index < -0.39 is 11.9 Å². The van der Waals surface area contributed by atoms with E-state index in [-0.39, 0.29) is 31.6 Å². The van der Waals surface area contributed by atoms with Gasteiger partial charge in [0.25, 0.3) is 0 Å². The fourth-order valence-corrected chi connectivity index (χ4v) is 3.52. The van der Waals surface area contributed by atoms with Gasteiger partial charge in [0.1, 0.15) is 0 Å². The molecule has 0 radical (unpaired) electrons. The van der Waals surface area contributed by atoms with Crippen LogP contribution >= 0.6 is 57.7 Å². The number of benzene rings is 1. The van der Waals surface area contributed by atoms with Crippen LogP contribution in [-0.2, 0) is 12.1 Å². The highest BCUT2D eigenvalue weighted by Crippen LogP contribution is 2.40. The molecule has 0 fully saturated rings. The van der Waals surface area contributed by atoms with Gasteiger partial charge < -0.3 is 5.32 Å². The van der Waals surface area contributed by atoms with Crippen LogP contribution in [0.4, 0.5) is 24.0 Å². The average Bonchev–Trinajstić information content (AvgIpc) is 2.76. The minimum Gasteiger partial charge on any atom is -0.329 e. The zero-order valence-corrected chi connectivity index (χ0v) is 13.7. The van der Waals surface area contributed by atoms with Gasteiger partial charge in [0.15, 0.2) is 10.8 Å². The van der Waals surface area contributed by atoms with Crippen LogP contribution in [0.15, 0.2) is 12.1 Å². The van der Waals surface area contributed by atoms with Crippen molar-refractivity contribution in [3.63, 3.8) is 0 Å². The van der Waals surface area contributed by atoms with E-state index in [0.29, 0.717) is 5.02 Å². The van der Waals surface area contributed by atoms with E-state index in [9.17, 15) is 13.2 Å². The van der Waals surface area contributed by atoms with Gasteiger partial charge in [-0.2, -0.15) is 13.2 Å². The molecule has 114 valence electrons. The number of hydrogen-bond donors (Lipinski definition) is 1. The molecule has 0 bridgehead atoms. The molecule has 0 amide bonds. The minimum atomic E-state index is -4.58. The number of aromatic nitrogens is 1. The van der Waals surface area contributed by atoms with Crippen molar-refractivity contribution in [3.05, 3.63) is 37.8 Å². The molecule has 0 spiro atoms. The summed E-state index contributed by atoms with van der Waals surface area (Å²) in [5.41, 5.74) is -0.794. The van der Waals surface area contributed by atoms with E-state index in [1.807, 2.05) is 0 Å². The van der Waals surface area contributed by atoms with E-state index in [1.165, 1.54) is 12.1 Å². The maximum absolute atomic E-state index is 12.8. The Morgan fingerprint density at radius 3 is 2.14 bits per heavy atom. The Kier molecular flexibility index (Phi) is 5.15. The van der Waals surface area contributed by atoms with E-state index in [4.69, 9.17) is 46.4 Å².